The summed E-state index contributed by atoms with van der Waals surface area (Å²) in [6.45, 7) is 2.21. The van der Waals surface area contributed by atoms with Crippen molar-refractivity contribution in [3.8, 4) is 5.75 Å². The molecule has 0 saturated heterocycles. The van der Waals surface area contributed by atoms with Gasteiger partial charge in [-0.1, -0.05) is 6.07 Å². The topological polar surface area (TPSA) is 63.5 Å². The van der Waals surface area contributed by atoms with Gasteiger partial charge >= 0.3 is 12.7 Å². The number of guanidine groups is 1. The van der Waals surface area contributed by atoms with Crippen molar-refractivity contribution in [1.29, 1.82) is 0 Å². The van der Waals surface area contributed by atoms with Gasteiger partial charge in [-0.25, -0.2) is 4.98 Å². The average Bonchev–Trinajstić information content (AvgIpc) is 3.09. The number of rotatable bonds is 6. The molecule has 1 aromatic heterocycles. The van der Waals surface area contributed by atoms with Crippen LogP contribution in [0.15, 0.2) is 35.6 Å². The lowest BCUT2D eigenvalue weighted by molar-refractivity contribution is -0.138. The molecule has 12 heteroatoms. The molecule has 0 atom stereocenters. The van der Waals surface area contributed by atoms with E-state index in [0.717, 1.165) is 12.3 Å². The molecular weight excluding hydrogens is 536 g/mol. The number of aromatic nitrogens is 2. The molecular formula is C19H25F5IN5O. The molecule has 0 bridgehead atoms. The van der Waals surface area contributed by atoms with E-state index in [1.54, 1.807) is 20.8 Å². The quantitative estimate of drug-likeness (QED) is 0.227. The van der Waals surface area contributed by atoms with Gasteiger partial charge in [-0.05, 0) is 38.5 Å². The molecule has 1 aromatic carbocycles. The van der Waals surface area contributed by atoms with Crippen molar-refractivity contribution in [3.05, 3.63) is 47.5 Å². The molecule has 0 fully saturated rings. The van der Waals surface area contributed by atoms with Gasteiger partial charge in [0.15, 0.2) is 5.96 Å². The first-order valence-corrected chi connectivity index (χ1v) is 9.04. The maximum Gasteiger partial charge on any atom is 0.416 e. The predicted molar refractivity (Wildman–Crippen MR) is 118 cm³/mol. The highest BCUT2D eigenvalue weighted by Gasteiger charge is 2.34. The second-order valence-corrected chi connectivity index (χ2v) is 7.34. The van der Waals surface area contributed by atoms with E-state index in [-0.39, 0.29) is 60.2 Å². The van der Waals surface area contributed by atoms with Crippen molar-refractivity contribution in [2.45, 2.75) is 52.2 Å². The number of nitrogens with one attached hydrogen (secondary N) is 2. The summed E-state index contributed by atoms with van der Waals surface area (Å²) in [4.78, 5) is 7.72. The van der Waals surface area contributed by atoms with Crippen LogP contribution in [0.25, 0.3) is 0 Å². The lowest BCUT2D eigenvalue weighted by Crippen LogP contribution is -2.37. The van der Waals surface area contributed by atoms with Gasteiger partial charge in [0.05, 0.1) is 12.1 Å². The van der Waals surface area contributed by atoms with Gasteiger partial charge < -0.3 is 15.4 Å². The van der Waals surface area contributed by atoms with Crippen LogP contribution in [0.3, 0.4) is 0 Å². The van der Waals surface area contributed by atoms with Crippen LogP contribution in [0.4, 0.5) is 22.0 Å². The number of benzene rings is 1. The summed E-state index contributed by atoms with van der Waals surface area (Å²) in [5, 5.41) is 5.50. The normalized spacial score (nSPS) is 12.5. The summed E-state index contributed by atoms with van der Waals surface area (Å²) < 4.78 is 72.5. The van der Waals surface area contributed by atoms with E-state index in [4.69, 9.17) is 4.74 Å². The van der Waals surface area contributed by atoms with Crippen LogP contribution in [-0.2, 0) is 19.3 Å². The number of halogens is 6. The zero-order valence-corrected chi connectivity index (χ0v) is 19.8. The van der Waals surface area contributed by atoms with Crippen LogP contribution in [0.2, 0.25) is 0 Å². The summed E-state index contributed by atoms with van der Waals surface area (Å²) in [5.74, 6) is 0.314. The first-order valence-electron chi connectivity index (χ1n) is 9.04. The molecule has 0 aliphatic heterocycles. The monoisotopic (exact) mass is 561 g/mol. The van der Waals surface area contributed by atoms with Crippen LogP contribution in [-0.4, -0.2) is 28.2 Å². The van der Waals surface area contributed by atoms with E-state index in [9.17, 15) is 22.0 Å². The molecule has 31 heavy (non-hydrogen) atoms. The molecule has 0 unspecified atom stereocenters. The van der Waals surface area contributed by atoms with Gasteiger partial charge in [0, 0.05) is 26.0 Å². The highest BCUT2D eigenvalue weighted by Crippen LogP contribution is 2.35. The van der Waals surface area contributed by atoms with E-state index in [2.05, 4.69) is 20.6 Å². The Kier molecular flexibility index (Phi) is 9.51. The Labute approximate surface area is 194 Å². The van der Waals surface area contributed by atoms with Crippen LogP contribution < -0.4 is 15.4 Å². The molecule has 2 rings (SSSR count). The minimum absolute atomic E-state index is 0. The van der Waals surface area contributed by atoms with Crippen molar-refractivity contribution in [1.82, 2.24) is 20.2 Å². The standard InChI is InChI=1S/C19H24F5N5O.HI/c1-18(2,3)30-13-6-5-12(14(9-13)19(22,23)24)10-27-17(25-4)28-11-15-26-7-8-29(15)16(20)21;/h5-9,16H,10-11H2,1-4H3,(H2,25,27,28);1H. The van der Waals surface area contributed by atoms with Crippen molar-refractivity contribution >= 4 is 29.9 Å². The fraction of sp³-hybridized carbons (Fsp3) is 0.474. The van der Waals surface area contributed by atoms with E-state index in [1.807, 2.05) is 0 Å². The molecule has 0 amide bonds. The summed E-state index contributed by atoms with van der Waals surface area (Å²) in [5.41, 5.74) is -1.49. The third-order valence-corrected chi connectivity index (χ3v) is 3.85. The Balaban J connectivity index is 0.00000480. The SMILES string of the molecule is CN=C(NCc1ccc(OC(C)(C)C)cc1C(F)(F)F)NCc1nccn1C(F)F.I. The number of ether oxygens (including phenoxy) is 1. The van der Waals surface area contributed by atoms with Crippen molar-refractivity contribution in [2.75, 3.05) is 7.05 Å². The fourth-order valence-electron chi connectivity index (χ4n) is 2.61. The number of aliphatic imine (C=N–C) groups is 1. The van der Waals surface area contributed by atoms with Gasteiger partial charge in [0.25, 0.3) is 0 Å². The fourth-order valence-corrected chi connectivity index (χ4v) is 2.61. The number of nitrogens with zero attached hydrogens (tertiary/aromatic N) is 3. The molecule has 0 saturated carbocycles. The van der Waals surface area contributed by atoms with Crippen LogP contribution in [0.5, 0.6) is 5.75 Å². The number of hydrogen-bond donors (Lipinski definition) is 2. The van der Waals surface area contributed by atoms with Gasteiger partial charge in [0.2, 0.25) is 0 Å². The molecule has 0 aliphatic rings. The van der Waals surface area contributed by atoms with Crippen molar-refractivity contribution < 1.29 is 26.7 Å². The highest BCUT2D eigenvalue weighted by atomic mass is 127. The average molecular weight is 561 g/mol. The molecule has 6 nitrogen and oxygen atoms in total. The third kappa shape index (κ3) is 8.15. The van der Waals surface area contributed by atoms with Gasteiger partial charge in [0.1, 0.15) is 17.2 Å². The number of alkyl halides is 5. The lowest BCUT2D eigenvalue weighted by Gasteiger charge is -2.23. The van der Waals surface area contributed by atoms with Crippen LogP contribution in [0, 0.1) is 0 Å². The molecule has 0 radical (unpaired) electrons. The summed E-state index contributed by atoms with van der Waals surface area (Å²) in [6, 6.07) is 3.75. The highest BCUT2D eigenvalue weighted by molar-refractivity contribution is 14.0. The number of hydrogen-bond acceptors (Lipinski definition) is 3. The van der Waals surface area contributed by atoms with Crippen LogP contribution >= 0.6 is 24.0 Å². The summed E-state index contributed by atoms with van der Waals surface area (Å²) >= 11 is 0. The van der Waals surface area contributed by atoms with E-state index >= 15 is 0 Å². The van der Waals surface area contributed by atoms with Gasteiger partial charge in [-0.15, -0.1) is 24.0 Å². The predicted octanol–water partition coefficient (Wildman–Crippen LogP) is 4.96. The Morgan fingerprint density at radius 3 is 2.35 bits per heavy atom. The lowest BCUT2D eigenvalue weighted by atomic mass is 10.1. The maximum atomic E-state index is 13.5. The minimum Gasteiger partial charge on any atom is -0.488 e. The molecule has 0 spiro atoms. The molecule has 174 valence electrons. The first-order chi connectivity index (χ1) is 13.9. The van der Waals surface area contributed by atoms with Crippen molar-refractivity contribution in [2.24, 2.45) is 4.99 Å². The molecule has 2 aromatic rings. The molecule has 0 aliphatic carbocycles. The van der Waals surface area contributed by atoms with Gasteiger partial charge in [-0.2, -0.15) is 22.0 Å². The molecule has 2 N–H and O–H groups in total. The second kappa shape index (κ2) is 11.0. The number of imidazole rings is 1. The maximum absolute atomic E-state index is 13.5. The van der Waals surface area contributed by atoms with Crippen molar-refractivity contribution in [3.63, 3.8) is 0 Å². The minimum atomic E-state index is -4.58. The zero-order valence-electron chi connectivity index (χ0n) is 17.4. The van der Waals surface area contributed by atoms with E-state index in [0.29, 0.717) is 4.57 Å². The smallest absolute Gasteiger partial charge is 0.416 e. The van der Waals surface area contributed by atoms with Crippen LogP contribution in [0.1, 0.15) is 44.3 Å². The Morgan fingerprint density at radius 1 is 1.16 bits per heavy atom. The van der Waals surface area contributed by atoms with E-state index < -0.39 is 23.9 Å². The third-order valence-electron chi connectivity index (χ3n) is 3.85. The summed E-state index contributed by atoms with van der Waals surface area (Å²) in [6.07, 6.45) is -2.21. The van der Waals surface area contributed by atoms with E-state index in [1.165, 1.54) is 25.4 Å². The Morgan fingerprint density at radius 2 is 1.81 bits per heavy atom. The first kappa shape index (κ1) is 26.9. The largest absolute Gasteiger partial charge is 0.488 e. The Bertz CT molecular complexity index is 877. The second-order valence-electron chi connectivity index (χ2n) is 7.34. The zero-order chi connectivity index (χ0) is 22.5. The Hall–Kier alpha value is -2.12. The summed E-state index contributed by atoms with van der Waals surface area (Å²) in [7, 11) is 1.42. The molecule has 1 heterocycles. The van der Waals surface area contributed by atoms with Gasteiger partial charge in [-0.3, -0.25) is 9.56 Å².